The summed E-state index contributed by atoms with van der Waals surface area (Å²) in [6, 6.07) is 0. The Kier molecular flexibility index (Phi) is 5.40. The second-order valence-electron chi connectivity index (χ2n) is 4.46. The highest BCUT2D eigenvalue weighted by atomic mass is 35.5. The van der Waals surface area contributed by atoms with Crippen LogP contribution in [0.2, 0.25) is 0 Å². The molecule has 15 heavy (non-hydrogen) atoms. The van der Waals surface area contributed by atoms with E-state index in [1.54, 1.807) is 6.92 Å². The molecule has 0 aromatic rings. The molecule has 0 spiro atoms. The summed E-state index contributed by atoms with van der Waals surface area (Å²) < 4.78 is 0. The van der Waals surface area contributed by atoms with Gasteiger partial charge in [-0.1, -0.05) is 6.92 Å². The van der Waals surface area contributed by atoms with Crippen LogP contribution in [0, 0.1) is 5.92 Å². The number of carbonyl (C=O) groups is 1. The summed E-state index contributed by atoms with van der Waals surface area (Å²) in [6.45, 7) is 7.96. The van der Waals surface area contributed by atoms with Crippen molar-refractivity contribution in [2.75, 3.05) is 26.2 Å². The predicted octanol–water partition coefficient (Wildman–Crippen LogP) is 1.46. The predicted molar refractivity (Wildman–Crippen MR) is 63.2 cm³/mol. The van der Waals surface area contributed by atoms with Crippen LogP contribution in [0.5, 0.6) is 0 Å². The van der Waals surface area contributed by atoms with Gasteiger partial charge in [0.15, 0.2) is 0 Å². The van der Waals surface area contributed by atoms with Crippen molar-refractivity contribution in [1.29, 1.82) is 0 Å². The van der Waals surface area contributed by atoms with Gasteiger partial charge in [0.2, 0.25) is 5.91 Å². The quantitative estimate of drug-likeness (QED) is 0.745. The number of rotatable bonds is 4. The SMILES string of the molecule is CC1CCCN(CCNC(=O)C(C)Cl)C1. The van der Waals surface area contributed by atoms with E-state index in [9.17, 15) is 4.79 Å². The third-order valence-electron chi connectivity index (χ3n) is 2.83. The molecule has 1 rings (SSSR count). The van der Waals surface area contributed by atoms with Crippen LogP contribution in [-0.4, -0.2) is 42.4 Å². The summed E-state index contributed by atoms with van der Waals surface area (Å²) in [4.78, 5) is 13.6. The lowest BCUT2D eigenvalue weighted by molar-refractivity contribution is -0.120. The molecule has 0 saturated carbocycles. The normalized spacial score (nSPS) is 24.9. The number of halogens is 1. The first-order valence-corrected chi connectivity index (χ1v) is 6.17. The molecular formula is C11H21ClN2O. The molecule has 0 aliphatic carbocycles. The average Bonchev–Trinajstić information content (AvgIpc) is 2.17. The fraction of sp³-hybridized carbons (Fsp3) is 0.909. The molecule has 2 unspecified atom stereocenters. The number of likely N-dealkylation sites (tertiary alicyclic amines) is 1. The summed E-state index contributed by atoms with van der Waals surface area (Å²) in [7, 11) is 0. The fourth-order valence-electron chi connectivity index (χ4n) is 1.97. The van der Waals surface area contributed by atoms with Crippen LogP contribution in [0.25, 0.3) is 0 Å². The van der Waals surface area contributed by atoms with Gasteiger partial charge < -0.3 is 10.2 Å². The van der Waals surface area contributed by atoms with Crippen LogP contribution in [0.15, 0.2) is 0 Å². The standard InChI is InChI=1S/C11H21ClN2O/c1-9-4-3-6-14(8-9)7-5-13-11(15)10(2)12/h9-10H,3-8H2,1-2H3,(H,13,15). The van der Waals surface area contributed by atoms with Crippen molar-refractivity contribution in [3.8, 4) is 0 Å². The van der Waals surface area contributed by atoms with Gasteiger partial charge in [-0.05, 0) is 32.2 Å². The zero-order chi connectivity index (χ0) is 11.3. The highest BCUT2D eigenvalue weighted by molar-refractivity contribution is 6.30. The number of carbonyl (C=O) groups excluding carboxylic acids is 1. The molecule has 0 radical (unpaired) electrons. The van der Waals surface area contributed by atoms with Crippen LogP contribution in [0.3, 0.4) is 0 Å². The molecule has 0 bridgehead atoms. The minimum absolute atomic E-state index is 0.0678. The minimum atomic E-state index is -0.426. The first kappa shape index (κ1) is 12.8. The molecule has 1 amide bonds. The zero-order valence-corrected chi connectivity index (χ0v) is 10.4. The molecule has 1 fully saturated rings. The van der Waals surface area contributed by atoms with Crippen molar-refractivity contribution in [1.82, 2.24) is 10.2 Å². The molecule has 1 aliphatic heterocycles. The number of nitrogens with zero attached hydrogens (tertiary/aromatic N) is 1. The molecular weight excluding hydrogens is 212 g/mol. The van der Waals surface area contributed by atoms with Gasteiger partial charge in [0.25, 0.3) is 0 Å². The van der Waals surface area contributed by atoms with E-state index >= 15 is 0 Å². The Labute approximate surface area is 97.2 Å². The number of hydrogen-bond donors (Lipinski definition) is 1. The van der Waals surface area contributed by atoms with E-state index in [0.717, 1.165) is 25.6 Å². The monoisotopic (exact) mass is 232 g/mol. The van der Waals surface area contributed by atoms with Crippen LogP contribution in [-0.2, 0) is 4.79 Å². The van der Waals surface area contributed by atoms with Gasteiger partial charge in [-0.15, -0.1) is 11.6 Å². The van der Waals surface area contributed by atoms with Crippen molar-refractivity contribution < 1.29 is 4.79 Å². The molecule has 0 aromatic heterocycles. The smallest absolute Gasteiger partial charge is 0.237 e. The largest absolute Gasteiger partial charge is 0.354 e. The van der Waals surface area contributed by atoms with Gasteiger partial charge in [0.05, 0.1) is 0 Å². The highest BCUT2D eigenvalue weighted by Crippen LogP contribution is 2.14. The number of piperidine rings is 1. The van der Waals surface area contributed by atoms with Gasteiger partial charge in [0.1, 0.15) is 5.38 Å². The van der Waals surface area contributed by atoms with Crippen LogP contribution < -0.4 is 5.32 Å². The second-order valence-corrected chi connectivity index (χ2v) is 5.11. The third kappa shape index (κ3) is 4.85. The maximum absolute atomic E-state index is 11.2. The number of hydrogen-bond acceptors (Lipinski definition) is 2. The van der Waals surface area contributed by atoms with Crippen molar-refractivity contribution >= 4 is 17.5 Å². The second kappa shape index (κ2) is 6.33. The number of alkyl halides is 1. The fourth-order valence-corrected chi connectivity index (χ4v) is 2.04. The van der Waals surface area contributed by atoms with Crippen molar-refractivity contribution in [3.63, 3.8) is 0 Å². The van der Waals surface area contributed by atoms with Gasteiger partial charge in [-0.3, -0.25) is 4.79 Å². The first-order valence-electron chi connectivity index (χ1n) is 5.73. The maximum atomic E-state index is 11.2. The molecule has 4 heteroatoms. The number of amides is 1. The summed E-state index contributed by atoms with van der Waals surface area (Å²) in [5.41, 5.74) is 0. The van der Waals surface area contributed by atoms with Gasteiger partial charge in [-0.25, -0.2) is 0 Å². The van der Waals surface area contributed by atoms with E-state index in [4.69, 9.17) is 11.6 Å². The summed E-state index contributed by atoms with van der Waals surface area (Å²) in [5.74, 6) is 0.725. The van der Waals surface area contributed by atoms with Gasteiger partial charge >= 0.3 is 0 Å². The lowest BCUT2D eigenvalue weighted by Crippen LogP contribution is -2.41. The summed E-state index contributed by atoms with van der Waals surface area (Å²) in [5, 5.41) is 2.41. The maximum Gasteiger partial charge on any atom is 0.237 e. The number of nitrogens with one attached hydrogen (secondary N) is 1. The van der Waals surface area contributed by atoms with Crippen LogP contribution in [0.1, 0.15) is 26.7 Å². The Hall–Kier alpha value is -0.280. The highest BCUT2D eigenvalue weighted by Gasteiger charge is 2.16. The Bertz CT molecular complexity index is 209. The molecule has 1 saturated heterocycles. The Morgan fingerprint density at radius 1 is 1.67 bits per heavy atom. The lowest BCUT2D eigenvalue weighted by Gasteiger charge is -2.30. The molecule has 1 heterocycles. The molecule has 2 atom stereocenters. The van der Waals surface area contributed by atoms with Gasteiger partial charge in [0, 0.05) is 19.6 Å². The zero-order valence-electron chi connectivity index (χ0n) is 9.63. The van der Waals surface area contributed by atoms with E-state index < -0.39 is 5.38 Å². The van der Waals surface area contributed by atoms with E-state index in [1.165, 1.54) is 12.8 Å². The lowest BCUT2D eigenvalue weighted by atomic mass is 10.0. The summed E-state index contributed by atoms with van der Waals surface area (Å²) in [6.07, 6.45) is 2.61. The van der Waals surface area contributed by atoms with Gasteiger partial charge in [-0.2, -0.15) is 0 Å². The van der Waals surface area contributed by atoms with Crippen molar-refractivity contribution in [2.45, 2.75) is 32.1 Å². The van der Waals surface area contributed by atoms with Crippen molar-refractivity contribution in [3.05, 3.63) is 0 Å². The Morgan fingerprint density at radius 2 is 2.40 bits per heavy atom. The van der Waals surface area contributed by atoms with Crippen LogP contribution >= 0.6 is 11.6 Å². The summed E-state index contributed by atoms with van der Waals surface area (Å²) >= 11 is 5.65. The molecule has 1 aliphatic rings. The Morgan fingerprint density at radius 3 is 3.00 bits per heavy atom. The van der Waals surface area contributed by atoms with E-state index in [1.807, 2.05) is 0 Å². The van der Waals surface area contributed by atoms with E-state index in [-0.39, 0.29) is 5.91 Å². The van der Waals surface area contributed by atoms with Crippen molar-refractivity contribution in [2.24, 2.45) is 5.92 Å². The minimum Gasteiger partial charge on any atom is -0.354 e. The van der Waals surface area contributed by atoms with Crippen LogP contribution in [0.4, 0.5) is 0 Å². The molecule has 1 N–H and O–H groups in total. The topological polar surface area (TPSA) is 32.3 Å². The molecule has 88 valence electrons. The first-order chi connectivity index (χ1) is 7.09. The third-order valence-corrected chi connectivity index (χ3v) is 3.03. The Balaban J connectivity index is 2.11. The molecule has 0 aromatic carbocycles. The van der Waals surface area contributed by atoms with E-state index in [2.05, 4.69) is 17.1 Å². The van der Waals surface area contributed by atoms with E-state index in [0.29, 0.717) is 6.54 Å². The average molecular weight is 233 g/mol. The molecule has 3 nitrogen and oxygen atoms in total.